The Kier molecular flexibility index (Phi) is 9.25. The maximum Gasteiger partial charge on any atom is 0.264 e. The second-order valence-electron chi connectivity index (χ2n) is 10.4. The van der Waals surface area contributed by atoms with Gasteiger partial charge in [-0.2, -0.15) is 0 Å². The first-order valence-corrected chi connectivity index (χ1v) is 15.0. The number of anilines is 1. The number of rotatable bonds is 10. The fourth-order valence-corrected chi connectivity index (χ4v) is 6.60. The second-order valence-corrected chi connectivity index (χ2v) is 12.3. The molecule has 1 fully saturated rings. The number of halogens is 1. The summed E-state index contributed by atoms with van der Waals surface area (Å²) in [5, 5.41) is 3.01. The molecule has 1 aliphatic rings. The summed E-state index contributed by atoms with van der Waals surface area (Å²) in [4.78, 5) is 28.6. The summed E-state index contributed by atoms with van der Waals surface area (Å²) in [7, 11) is -4.15. The second kappa shape index (κ2) is 12.6. The van der Waals surface area contributed by atoms with Gasteiger partial charge in [-0.1, -0.05) is 66.9 Å². The Bertz CT molecular complexity index is 1460. The molecule has 0 spiro atoms. The Hall–Kier alpha value is -3.72. The van der Waals surface area contributed by atoms with Crippen molar-refractivity contribution in [2.45, 2.75) is 70.0 Å². The molecule has 40 heavy (non-hydrogen) atoms. The first kappa shape index (κ1) is 29.3. The summed E-state index contributed by atoms with van der Waals surface area (Å²) >= 11 is 0. The van der Waals surface area contributed by atoms with Crippen LogP contribution >= 0.6 is 0 Å². The summed E-state index contributed by atoms with van der Waals surface area (Å²) in [5.41, 5.74) is 2.22. The molecule has 0 saturated heterocycles. The smallest absolute Gasteiger partial charge is 0.264 e. The van der Waals surface area contributed by atoms with E-state index in [0.717, 1.165) is 35.6 Å². The third-order valence-electron chi connectivity index (χ3n) is 7.40. The van der Waals surface area contributed by atoms with E-state index < -0.39 is 34.3 Å². The summed E-state index contributed by atoms with van der Waals surface area (Å²) < 4.78 is 43.5. The Morgan fingerprint density at radius 2 is 1.62 bits per heavy atom. The number of aryl methyl sites for hydroxylation is 2. The molecule has 1 saturated carbocycles. The molecule has 212 valence electrons. The molecule has 0 bridgehead atoms. The maximum absolute atomic E-state index is 14.7. The van der Waals surface area contributed by atoms with Crippen LogP contribution in [0.25, 0.3) is 0 Å². The molecule has 1 atom stereocenters. The number of carbonyl (C=O) groups is 2. The average Bonchev–Trinajstić information content (AvgIpc) is 3.44. The van der Waals surface area contributed by atoms with Crippen LogP contribution < -0.4 is 9.62 Å². The summed E-state index contributed by atoms with van der Waals surface area (Å²) in [6.45, 7) is 4.54. The summed E-state index contributed by atoms with van der Waals surface area (Å²) in [6.07, 6.45) is 3.80. The van der Waals surface area contributed by atoms with Crippen LogP contribution in [0.2, 0.25) is 0 Å². The predicted molar refractivity (Wildman–Crippen MR) is 154 cm³/mol. The standard InChI is InChI=1S/C31H36FN3O4S/c1-22-17-18-29(23(2)19-22)35(40(38,39)27-14-5-4-6-15-27)21-30(36)34(20-25-11-7-10-16-28(25)32)24(3)31(37)33-26-12-8-9-13-26/h4-7,10-11,14-19,24,26H,8-9,12-13,20-21H2,1-3H3,(H,33,37). The van der Waals surface area contributed by atoms with Gasteiger partial charge in [0.25, 0.3) is 10.0 Å². The van der Waals surface area contributed by atoms with E-state index in [9.17, 15) is 22.4 Å². The lowest BCUT2D eigenvalue weighted by molar-refractivity contribution is -0.139. The van der Waals surface area contributed by atoms with E-state index in [2.05, 4.69) is 5.32 Å². The van der Waals surface area contributed by atoms with E-state index in [1.807, 2.05) is 13.0 Å². The van der Waals surface area contributed by atoms with Crippen LogP contribution in [-0.2, 0) is 26.2 Å². The van der Waals surface area contributed by atoms with E-state index in [0.29, 0.717) is 11.3 Å². The number of amides is 2. The molecule has 0 heterocycles. The minimum absolute atomic E-state index is 0.0329. The number of hydrogen-bond acceptors (Lipinski definition) is 4. The number of sulfonamides is 1. The van der Waals surface area contributed by atoms with E-state index in [1.54, 1.807) is 62.4 Å². The number of benzene rings is 3. The first-order valence-electron chi connectivity index (χ1n) is 13.6. The number of nitrogens with one attached hydrogen (secondary N) is 1. The lowest BCUT2D eigenvalue weighted by Crippen LogP contribution is -2.52. The highest BCUT2D eigenvalue weighted by atomic mass is 32.2. The van der Waals surface area contributed by atoms with Crippen molar-refractivity contribution in [3.8, 4) is 0 Å². The largest absolute Gasteiger partial charge is 0.352 e. The fourth-order valence-electron chi connectivity index (χ4n) is 5.10. The van der Waals surface area contributed by atoms with Crippen molar-refractivity contribution in [3.63, 3.8) is 0 Å². The van der Waals surface area contributed by atoms with Gasteiger partial charge >= 0.3 is 0 Å². The van der Waals surface area contributed by atoms with Crippen LogP contribution in [0.5, 0.6) is 0 Å². The highest BCUT2D eigenvalue weighted by molar-refractivity contribution is 7.92. The zero-order valence-electron chi connectivity index (χ0n) is 23.1. The third-order valence-corrected chi connectivity index (χ3v) is 9.17. The van der Waals surface area contributed by atoms with Gasteiger partial charge in [-0.3, -0.25) is 13.9 Å². The molecule has 2 amide bonds. The molecular weight excluding hydrogens is 529 g/mol. The fraction of sp³-hybridized carbons (Fsp3) is 0.355. The van der Waals surface area contributed by atoms with Crippen LogP contribution in [0.1, 0.15) is 49.3 Å². The molecule has 0 aliphatic heterocycles. The minimum Gasteiger partial charge on any atom is -0.352 e. The van der Waals surface area contributed by atoms with E-state index in [-0.39, 0.29) is 29.0 Å². The van der Waals surface area contributed by atoms with Crippen LogP contribution in [-0.4, -0.2) is 43.8 Å². The van der Waals surface area contributed by atoms with E-state index >= 15 is 0 Å². The van der Waals surface area contributed by atoms with Crippen molar-refractivity contribution in [1.82, 2.24) is 10.2 Å². The Balaban J connectivity index is 1.71. The van der Waals surface area contributed by atoms with Crippen LogP contribution in [0.4, 0.5) is 10.1 Å². The Morgan fingerprint density at radius 1 is 0.975 bits per heavy atom. The van der Waals surface area contributed by atoms with Crippen molar-refractivity contribution in [2.24, 2.45) is 0 Å². The third kappa shape index (κ3) is 6.70. The summed E-state index contributed by atoms with van der Waals surface area (Å²) in [5.74, 6) is -1.47. The van der Waals surface area contributed by atoms with Gasteiger partial charge in [0.15, 0.2) is 0 Å². The lowest BCUT2D eigenvalue weighted by atomic mass is 10.1. The monoisotopic (exact) mass is 565 g/mol. The molecule has 0 radical (unpaired) electrons. The van der Waals surface area contributed by atoms with Crippen LogP contribution in [0.15, 0.2) is 77.7 Å². The predicted octanol–water partition coefficient (Wildman–Crippen LogP) is 5.11. The molecule has 0 aromatic heterocycles. The van der Waals surface area contributed by atoms with Gasteiger partial charge in [0, 0.05) is 18.2 Å². The van der Waals surface area contributed by atoms with Gasteiger partial charge in [0.2, 0.25) is 11.8 Å². The molecule has 9 heteroatoms. The molecule has 1 aliphatic carbocycles. The topological polar surface area (TPSA) is 86.8 Å². The van der Waals surface area contributed by atoms with Crippen molar-refractivity contribution >= 4 is 27.5 Å². The minimum atomic E-state index is -4.15. The van der Waals surface area contributed by atoms with Gasteiger partial charge in [0.1, 0.15) is 18.4 Å². The molecule has 3 aromatic rings. The first-order chi connectivity index (χ1) is 19.1. The van der Waals surface area contributed by atoms with Gasteiger partial charge in [0.05, 0.1) is 10.6 Å². The number of hydrogen-bond donors (Lipinski definition) is 1. The van der Waals surface area contributed by atoms with Crippen molar-refractivity contribution in [3.05, 3.63) is 95.3 Å². The normalized spacial score (nSPS) is 14.5. The van der Waals surface area contributed by atoms with Gasteiger partial charge in [-0.05, 0) is 63.4 Å². The van der Waals surface area contributed by atoms with Crippen LogP contribution in [0.3, 0.4) is 0 Å². The Labute approximate surface area is 236 Å². The lowest BCUT2D eigenvalue weighted by Gasteiger charge is -2.33. The Morgan fingerprint density at radius 3 is 2.27 bits per heavy atom. The quantitative estimate of drug-likeness (QED) is 0.370. The van der Waals surface area contributed by atoms with Crippen molar-refractivity contribution < 1.29 is 22.4 Å². The van der Waals surface area contributed by atoms with Crippen molar-refractivity contribution in [2.75, 3.05) is 10.8 Å². The maximum atomic E-state index is 14.7. The van der Waals surface area contributed by atoms with Gasteiger partial charge < -0.3 is 10.2 Å². The van der Waals surface area contributed by atoms with E-state index in [4.69, 9.17) is 0 Å². The highest BCUT2D eigenvalue weighted by Gasteiger charge is 2.34. The zero-order valence-corrected chi connectivity index (χ0v) is 24.0. The molecule has 1 N–H and O–H groups in total. The molecule has 3 aromatic carbocycles. The van der Waals surface area contributed by atoms with Gasteiger partial charge in [-0.15, -0.1) is 0 Å². The average molecular weight is 566 g/mol. The summed E-state index contributed by atoms with van der Waals surface area (Å²) in [6, 6.07) is 18.4. The SMILES string of the molecule is Cc1ccc(N(CC(=O)N(Cc2ccccc2F)C(C)C(=O)NC2CCCC2)S(=O)(=O)c2ccccc2)c(C)c1. The molecule has 4 rings (SSSR count). The molecular formula is C31H36FN3O4S. The number of carbonyl (C=O) groups excluding carboxylic acids is 2. The highest BCUT2D eigenvalue weighted by Crippen LogP contribution is 2.28. The van der Waals surface area contributed by atoms with E-state index in [1.165, 1.54) is 23.1 Å². The zero-order chi connectivity index (χ0) is 28.9. The van der Waals surface area contributed by atoms with Gasteiger partial charge in [-0.25, -0.2) is 12.8 Å². The molecule has 7 nitrogen and oxygen atoms in total. The number of nitrogens with zero attached hydrogens (tertiary/aromatic N) is 2. The van der Waals surface area contributed by atoms with Crippen molar-refractivity contribution in [1.29, 1.82) is 0 Å². The molecule has 1 unspecified atom stereocenters. The van der Waals surface area contributed by atoms with Crippen LogP contribution in [0, 0.1) is 19.7 Å².